The molecule has 9 heteroatoms. The zero-order chi connectivity index (χ0) is 19.2. The normalized spacial score (nSPS) is 12.5. The molecule has 0 aliphatic carbocycles. The summed E-state index contributed by atoms with van der Waals surface area (Å²) in [6, 6.07) is 13.3. The fourth-order valence-electron chi connectivity index (χ4n) is 2.11. The molecular weight excluding hydrogens is 402 g/mol. The first kappa shape index (κ1) is 20.7. The van der Waals surface area contributed by atoms with Gasteiger partial charge >= 0.3 is 13.6 Å². The molecule has 1 unspecified atom stereocenters. The summed E-state index contributed by atoms with van der Waals surface area (Å²) in [5.74, 6) is -1.87. The van der Waals surface area contributed by atoms with E-state index in [0.29, 0.717) is 5.56 Å². The van der Waals surface area contributed by atoms with Gasteiger partial charge in [-0.1, -0.05) is 59.6 Å². The van der Waals surface area contributed by atoms with Crippen LogP contribution < -0.4 is 4.74 Å². The predicted molar refractivity (Wildman–Crippen MR) is 98.9 cm³/mol. The molecule has 2 aromatic carbocycles. The maximum atomic E-state index is 12.8. The maximum absolute atomic E-state index is 12.8. The zero-order valence-electron chi connectivity index (χ0n) is 14.1. The summed E-state index contributed by atoms with van der Waals surface area (Å²) in [5, 5.41) is 0.508. The van der Waals surface area contributed by atoms with Crippen molar-refractivity contribution in [3.05, 3.63) is 64.1 Å². The van der Waals surface area contributed by atoms with Crippen molar-refractivity contribution < 1.29 is 27.9 Å². The highest BCUT2D eigenvalue weighted by molar-refractivity contribution is 7.54. The molecule has 26 heavy (non-hydrogen) atoms. The summed E-state index contributed by atoms with van der Waals surface area (Å²) in [6.07, 6.45) is 0. The predicted octanol–water partition coefficient (Wildman–Crippen LogP) is 5.10. The van der Waals surface area contributed by atoms with E-state index in [1.165, 1.54) is 14.2 Å². The number of carbonyl (C=O) groups is 1. The van der Waals surface area contributed by atoms with E-state index in [0.717, 1.165) is 0 Å². The molecule has 2 aromatic rings. The minimum absolute atomic E-state index is 0.158. The lowest BCUT2D eigenvalue weighted by atomic mass is 10.2. The third-order valence-electron chi connectivity index (χ3n) is 3.38. The van der Waals surface area contributed by atoms with Gasteiger partial charge in [0, 0.05) is 19.8 Å². The molecule has 2 rings (SSSR count). The minimum Gasteiger partial charge on any atom is -0.479 e. The molecule has 0 N–H and O–H groups in total. The number of halogens is 2. The average Bonchev–Trinajstić information content (AvgIpc) is 2.66. The Balaban J connectivity index is 2.15. The van der Waals surface area contributed by atoms with Gasteiger partial charge in [-0.2, -0.15) is 0 Å². The molecule has 0 amide bonds. The van der Waals surface area contributed by atoms with Gasteiger partial charge in [-0.15, -0.1) is 0 Å². The van der Waals surface area contributed by atoms with Gasteiger partial charge < -0.3 is 18.5 Å². The van der Waals surface area contributed by atoms with E-state index in [1.807, 2.05) is 0 Å². The van der Waals surface area contributed by atoms with Crippen LogP contribution in [0.3, 0.4) is 0 Å². The molecule has 6 nitrogen and oxygen atoms in total. The molecule has 1 atom stereocenters. The Morgan fingerprint density at radius 1 is 1.00 bits per heavy atom. The van der Waals surface area contributed by atoms with Crippen molar-refractivity contribution >= 4 is 36.8 Å². The zero-order valence-corrected chi connectivity index (χ0v) is 16.5. The number of para-hydroxylation sites is 1. The summed E-state index contributed by atoms with van der Waals surface area (Å²) >= 11 is 12.0. The van der Waals surface area contributed by atoms with E-state index < -0.39 is 26.0 Å². The van der Waals surface area contributed by atoms with Gasteiger partial charge in [0.15, 0.2) is 12.4 Å². The fraction of sp³-hybridized carbons (Fsp3) is 0.235. The van der Waals surface area contributed by atoms with E-state index >= 15 is 0 Å². The average molecular weight is 419 g/mol. The highest BCUT2D eigenvalue weighted by Crippen LogP contribution is 2.60. The van der Waals surface area contributed by atoms with Gasteiger partial charge in [-0.3, -0.25) is 4.57 Å². The molecule has 0 aliphatic heterocycles. The third kappa shape index (κ3) is 5.00. The molecule has 0 aromatic heterocycles. The molecular formula is C17H17Cl2O6P. The van der Waals surface area contributed by atoms with Crippen LogP contribution in [0.25, 0.3) is 0 Å². The molecule has 0 spiro atoms. The van der Waals surface area contributed by atoms with Crippen LogP contribution in [0.5, 0.6) is 5.75 Å². The maximum Gasteiger partial charge on any atom is 0.375 e. The topological polar surface area (TPSA) is 71.1 Å². The van der Waals surface area contributed by atoms with Crippen molar-refractivity contribution in [3.63, 3.8) is 0 Å². The second-order valence-electron chi connectivity index (χ2n) is 5.00. The van der Waals surface area contributed by atoms with Gasteiger partial charge in [0.05, 0.1) is 10.0 Å². The first-order chi connectivity index (χ1) is 12.4. The van der Waals surface area contributed by atoms with E-state index in [2.05, 4.69) is 0 Å². The Bertz CT molecular complexity index is 771. The Kier molecular flexibility index (Phi) is 7.50. The first-order valence-corrected chi connectivity index (χ1v) is 9.80. The summed E-state index contributed by atoms with van der Waals surface area (Å²) in [7, 11) is -1.30. The molecule has 0 bridgehead atoms. The van der Waals surface area contributed by atoms with Crippen molar-refractivity contribution in [1.29, 1.82) is 0 Å². The third-order valence-corrected chi connectivity index (χ3v) is 5.97. The lowest BCUT2D eigenvalue weighted by Gasteiger charge is -2.24. The van der Waals surface area contributed by atoms with Crippen molar-refractivity contribution in [3.8, 4) is 5.75 Å². The summed E-state index contributed by atoms with van der Waals surface area (Å²) in [6.45, 7) is -0.486. The van der Waals surface area contributed by atoms with Gasteiger partial charge in [-0.05, 0) is 12.1 Å². The number of rotatable bonds is 8. The summed E-state index contributed by atoms with van der Waals surface area (Å²) in [4.78, 5) is 12.2. The van der Waals surface area contributed by atoms with Crippen molar-refractivity contribution in [2.24, 2.45) is 0 Å². The Hall–Kier alpha value is -1.56. The van der Waals surface area contributed by atoms with Crippen LogP contribution in [0.4, 0.5) is 0 Å². The Morgan fingerprint density at radius 2 is 1.58 bits per heavy atom. The number of esters is 1. The minimum atomic E-state index is -3.73. The number of hydrogen-bond acceptors (Lipinski definition) is 6. The van der Waals surface area contributed by atoms with Gasteiger partial charge in [-0.25, -0.2) is 4.79 Å². The number of benzene rings is 2. The van der Waals surface area contributed by atoms with Crippen LogP contribution in [-0.2, 0) is 23.1 Å². The smallest absolute Gasteiger partial charge is 0.375 e. The second kappa shape index (κ2) is 9.40. The van der Waals surface area contributed by atoms with E-state index in [-0.39, 0.29) is 15.8 Å². The molecule has 0 saturated carbocycles. The van der Waals surface area contributed by atoms with Gasteiger partial charge in [0.2, 0.25) is 5.85 Å². The van der Waals surface area contributed by atoms with Crippen LogP contribution in [0.1, 0.15) is 11.4 Å². The summed E-state index contributed by atoms with van der Waals surface area (Å²) < 4.78 is 33.4. The van der Waals surface area contributed by atoms with Crippen LogP contribution in [0.2, 0.25) is 10.0 Å². The number of ether oxygens (including phenoxy) is 2. The van der Waals surface area contributed by atoms with Crippen molar-refractivity contribution in [1.82, 2.24) is 0 Å². The van der Waals surface area contributed by atoms with Crippen LogP contribution >= 0.6 is 30.8 Å². The van der Waals surface area contributed by atoms with E-state index in [9.17, 15) is 9.36 Å². The molecule has 0 radical (unpaired) electrons. The van der Waals surface area contributed by atoms with Crippen molar-refractivity contribution in [2.45, 2.75) is 5.85 Å². The molecule has 0 saturated heterocycles. The largest absolute Gasteiger partial charge is 0.479 e. The quantitative estimate of drug-likeness (QED) is 0.438. The highest BCUT2D eigenvalue weighted by Gasteiger charge is 2.39. The summed E-state index contributed by atoms with van der Waals surface area (Å²) in [5.41, 5.74) is 0.462. The Morgan fingerprint density at radius 3 is 2.12 bits per heavy atom. The fourth-order valence-corrected chi connectivity index (χ4v) is 3.93. The van der Waals surface area contributed by atoms with Gasteiger partial charge in [0.25, 0.3) is 0 Å². The van der Waals surface area contributed by atoms with E-state index in [1.54, 1.807) is 48.5 Å². The lowest BCUT2D eigenvalue weighted by Crippen LogP contribution is -2.19. The van der Waals surface area contributed by atoms with Crippen LogP contribution in [0, 0.1) is 0 Å². The standard InChI is InChI=1S/C17H17Cl2O6P/c1-22-26(21,23-2)17(12-7-4-3-5-8-12)25-15(20)11-24-16-13(18)9-6-10-14(16)19/h3-10,17H,11H2,1-2H3. The molecule has 0 aliphatic rings. The Labute approximate surface area is 161 Å². The molecule has 0 fully saturated rings. The number of carbonyl (C=O) groups excluding carboxylic acids is 1. The first-order valence-electron chi connectivity index (χ1n) is 7.43. The van der Waals surface area contributed by atoms with Crippen LogP contribution in [0.15, 0.2) is 48.5 Å². The monoisotopic (exact) mass is 418 g/mol. The number of hydrogen-bond donors (Lipinski definition) is 0. The second-order valence-corrected chi connectivity index (χ2v) is 8.09. The van der Waals surface area contributed by atoms with Crippen molar-refractivity contribution in [2.75, 3.05) is 20.8 Å². The SMILES string of the molecule is COP(=O)(OC)C(OC(=O)COc1c(Cl)cccc1Cl)c1ccccc1. The molecule has 140 valence electrons. The lowest BCUT2D eigenvalue weighted by molar-refractivity contribution is -0.149. The van der Waals surface area contributed by atoms with Gasteiger partial charge in [0.1, 0.15) is 0 Å². The van der Waals surface area contributed by atoms with Crippen LogP contribution in [-0.4, -0.2) is 26.8 Å². The highest BCUT2D eigenvalue weighted by atomic mass is 35.5. The van der Waals surface area contributed by atoms with E-state index in [4.69, 9.17) is 41.7 Å². The molecule has 0 heterocycles.